The van der Waals surface area contributed by atoms with Crippen molar-refractivity contribution in [1.82, 2.24) is 0 Å². The molecule has 0 aliphatic carbocycles. The highest BCUT2D eigenvalue weighted by Crippen LogP contribution is 2.26. The number of aliphatic hydroxyl groups excluding tert-OH is 1. The third-order valence-corrected chi connectivity index (χ3v) is 3.53. The van der Waals surface area contributed by atoms with Crippen molar-refractivity contribution in [1.29, 1.82) is 0 Å². The number of carbonyl (C=O) groups is 1. The third-order valence-electron chi connectivity index (χ3n) is 3.53. The Morgan fingerprint density at radius 3 is 2.78 bits per heavy atom. The van der Waals surface area contributed by atoms with Crippen LogP contribution in [0.25, 0.3) is 11.3 Å². The summed E-state index contributed by atoms with van der Waals surface area (Å²) in [6, 6.07) is 6.55. The monoisotopic (exact) mass is 320 g/mol. The van der Waals surface area contributed by atoms with Gasteiger partial charge in [-0.1, -0.05) is 0 Å². The molecule has 23 heavy (non-hydrogen) atoms. The zero-order chi connectivity index (χ0) is 16.6. The maximum atomic E-state index is 13.1. The molecule has 0 spiro atoms. The Bertz CT molecular complexity index is 768. The van der Waals surface area contributed by atoms with E-state index < -0.39 is 23.8 Å². The molecule has 1 atom stereocenters. The first-order valence-corrected chi connectivity index (χ1v) is 6.80. The number of rotatable bonds is 3. The molecule has 8 heteroatoms. The number of pyridine rings is 1. The first kappa shape index (κ1) is 15.0. The van der Waals surface area contributed by atoms with E-state index in [0.717, 1.165) is 12.1 Å². The number of nitrogens with zero attached hydrogens (tertiary/aromatic N) is 2. The molecule has 1 aromatic carbocycles. The summed E-state index contributed by atoms with van der Waals surface area (Å²) in [6.45, 7) is -0.154. The Balaban J connectivity index is 1.92. The fourth-order valence-electron chi connectivity index (χ4n) is 2.35. The van der Waals surface area contributed by atoms with E-state index in [9.17, 15) is 19.5 Å². The number of hydrogen-bond acceptors (Lipinski definition) is 5. The number of phenolic OH excluding ortho intramolecular Hbond substituents is 1. The number of aromatic nitrogens is 1. The van der Waals surface area contributed by atoms with Crippen LogP contribution in [0.2, 0.25) is 0 Å². The Kier molecular flexibility index (Phi) is 3.75. The fourth-order valence-corrected chi connectivity index (χ4v) is 2.35. The lowest BCUT2D eigenvalue weighted by Crippen LogP contribution is -2.33. The predicted octanol–water partition coefficient (Wildman–Crippen LogP) is 1.15. The normalized spacial score (nSPS) is 17.4. The molecule has 7 nitrogen and oxygen atoms in total. The van der Waals surface area contributed by atoms with E-state index in [0.29, 0.717) is 16.0 Å². The van der Waals surface area contributed by atoms with Gasteiger partial charge in [-0.15, -0.1) is 0 Å². The highest BCUT2D eigenvalue weighted by molar-refractivity contribution is 5.89. The van der Waals surface area contributed by atoms with Gasteiger partial charge >= 0.3 is 6.09 Å². The van der Waals surface area contributed by atoms with E-state index in [1.54, 1.807) is 0 Å². The molecule has 2 N–H and O–H groups in total. The van der Waals surface area contributed by atoms with Crippen LogP contribution in [0.4, 0.5) is 14.9 Å². The number of benzene rings is 1. The SMILES string of the molecule is O=C1O[C@@H](CO)CN1c1ccc(-c2ccc(F)c(O)c2)[n+]([O-])c1. The first-order valence-electron chi connectivity index (χ1n) is 6.80. The highest BCUT2D eigenvalue weighted by Gasteiger charge is 2.33. The van der Waals surface area contributed by atoms with Gasteiger partial charge in [0.05, 0.1) is 18.7 Å². The number of ether oxygens (including phenoxy) is 1. The van der Waals surface area contributed by atoms with Crippen molar-refractivity contribution in [3.8, 4) is 17.0 Å². The van der Waals surface area contributed by atoms with Crippen LogP contribution >= 0.6 is 0 Å². The largest absolute Gasteiger partial charge is 0.618 e. The lowest BCUT2D eigenvalue weighted by Gasteiger charge is -2.13. The van der Waals surface area contributed by atoms with Crippen molar-refractivity contribution < 1.29 is 28.9 Å². The lowest BCUT2D eigenvalue weighted by atomic mass is 10.1. The van der Waals surface area contributed by atoms with Gasteiger partial charge < -0.3 is 20.2 Å². The van der Waals surface area contributed by atoms with Crippen LogP contribution in [-0.2, 0) is 4.74 Å². The van der Waals surface area contributed by atoms with Crippen LogP contribution in [0.1, 0.15) is 0 Å². The minimum atomic E-state index is -0.780. The maximum absolute atomic E-state index is 13.1. The number of cyclic esters (lactones) is 1. The van der Waals surface area contributed by atoms with Crippen molar-refractivity contribution in [2.45, 2.75) is 6.10 Å². The first-order chi connectivity index (χ1) is 11.0. The number of aromatic hydroxyl groups is 1. The Hall–Kier alpha value is -2.87. The van der Waals surface area contributed by atoms with E-state index in [-0.39, 0.29) is 18.8 Å². The van der Waals surface area contributed by atoms with Gasteiger partial charge in [-0.2, -0.15) is 4.73 Å². The Morgan fingerprint density at radius 1 is 1.39 bits per heavy atom. The van der Waals surface area contributed by atoms with Gasteiger partial charge in [-0.05, 0) is 24.3 Å². The molecule has 1 amide bonds. The average Bonchev–Trinajstić information content (AvgIpc) is 2.91. The zero-order valence-electron chi connectivity index (χ0n) is 11.8. The van der Waals surface area contributed by atoms with E-state index in [2.05, 4.69) is 0 Å². The summed E-state index contributed by atoms with van der Waals surface area (Å²) >= 11 is 0. The second kappa shape index (κ2) is 5.73. The van der Waals surface area contributed by atoms with Crippen LogP contribution in [-0.4, -0.2) is 35.6 Å². The molecule has 1 aromatic heterocycles. The van der Waals surface area contributed by atoms with Crippen molar-refractivity contribution in [2.24, 2.45) is 0 Å². The van der Waals surface area contributed by atoms with Crippen LogP contribution < -0.4 is 9.63 Å². The summed E-state index contributed by atoms with van der Waals surface area (Å²) in [4.78, 5) is 12.9. The summed E-state index contributed by atoms with van der Waals surface area (Å²) in [5, 5.41) is 30.6. The molecule has 2 heterocycles. The van der Waals surface area contributed by atoms with Crippen molar-refractivity contribution >= 4 is 11.8 Å². The van der Waals surface area contributed by atoms with Crippen molar-refractivity contribution in [3.63, 3.8) is 0 Å². The molecule has 0 bridgehead atoms. The van der Waals surface area contributed by atoms with Gasteiger partial charge in [0.1, 0.15) is 11.8 Å². The van der Waals surface area contributed by atoms with Crippen molar-refractivity contribution in [3.05, 3.63) is 47.6 Å². The van der Waals surface area contributed by atoms with Gasteiger partial charge in [0.2, 0.25) is 11.9 Å². The highest BCUT2D eigenvalue weighted by atomic mass is 19.1. The molecule has 120 valence electrons. The van der Waals surface area contributed by atoms with Crippen LogP contribution in [0.5, 0.6) is 5.75 Å². The quantitative estimate of drug-likeness (QED) is 0.653. The summed E-state index contributed by atoms with van der Waals surface area (Å²) < 4.78 is 18.5. The number of amides is 1. The molecule has 1 aliphatic rings. The van der Waals surface area contributed by atoms with E-state index >= 15 is 0 Å². The van der Waals surface area contributed by atoms with Crippen LogP contribution in [0, 0.1) is 11.0 Å². The van der Waals surface area contributed by atoms with E-state index in [1.807, 2.05) is 0 Å². The second-order valence-corrected chi connectivity index (χ2v) is 5.06. The number of carbonyl (C=O) groups excluding carboxylic acids is 1. The Morgan fingerprint density at radius 2 is 2.17 bits per heavy atom. The van der Waals surface area contributed by atoms with Gasteiger partial charge in [-0.3, -0.25) is 4.90 Å². The van der Waals surface area contributed by atoms with Crippen LogP contribution in [0.15, 0.2) is 36.5 Å². The summed E-state index contributed by atoms with van der Waals surface area (Å²) in [7, 11) is 0. The molecule has 1 aliphatic heterocycles. The number of hydrogen-bond donors (Lipinski definition) is 2. The standard InChI is InChI=1S/C15H13FN2O5/c16-12-3-1-9(5-14(12)20)13-4-2-10(6-18(13)22)17-7-11(8-19)23-15(17)21/h1-6,11,19-20H,7-8H2/t11-/m1/s1. The number of anilines is 1. The number of phenols is 1. The smallest absolute Gasteiger partial charge is 0.415 e. The molecular weight excluding hydrogens is 307 g/mol. The zero-order valence-corrected chi connectivity index (χ0v) is 11.8. The van der Waals surface area contributed by atoms with Gasteiger partial charge in [0, 0.05) is 6.07 Å². The topological polar surface area (TPSA) is 96.9 Å². The predicted molar refractivity (Wildman–Crippen MR) is 77.2 cm³/mol. The lowest BCUT2D eigenvalue weighted by molar-refractivity contribution is -0.593. The molecule has 1 fully saturated rings. The minimum absolute atomic E-state index is 0.145. The summed E-state index contributed by atoms with van der Waals surface area (Å²) in [6.07, 6.45) is -0.0935. The Labute approximate surface area is 130 Å². The molecule has 3 rings (SSSR count). The molecule has 0 unspecified atom stereocenters. The molecule has 0 saturated carbocycles. The van der Waals surface area contributed by atoms with Gasteiger partial charge in [0.25, 0.3) is 0 Å². The third kappa shape index (κ3) is 2.76. The second-order valence-electron chi connectivity index (χ2n) is 5.06. The molecule has 0 radical (unpaired) electrons. The molecule has 1 saturated heterocycles. The van der Waals surface area contributed by atoms with Gasteiger partial charge in [0.15, 0.2) is 11.6 Å². The maximum Gasteiger partial charge on any atom is 0.415 e. The minimum Gasteiger partial charge on any atom is -0.618 e. The van der Waals surface area contributed by atoms with Gasteiger partial charge in [-0.25, -0.2) is 9.18 Å². The molecular formula is C15H13FN2O5. The van der Waals surface area contributed by atoms with Crippen molar-refractivity contribution in [2.75, 3.05) is 18.1 Å². The number of halogens is 1. The molecule has 2 aromatic rings. The van der Waals surface area contributed by atoms with E-state index in [4.69, 9.17) is 9.84 Å². The van der Waals surface area contributed by atoms with Crippen LogP contribution in [0.3, 0.4) is 0 Å². The summed E-state index contributed by atoms with van der Waals surface area (Å²) in [5.41, 5.74) is 0.842. The summed E-state index contributed by atoms with van der Waals surface area (Å²) in [5.74, 6) is -1.34. The number of aliphatic hydroxyl groups is 1. The van der Waals surface area contributed by atoms with E-state index in [1.165, 1.54) is 29.3 Å². The average molecular weight is 320 g/mol. The fraction of sp³-hybridized carbons (Fsp3) is 0.200.